The van der Waals surface area contributed by atoms with Gasteiger partial charge < -0.3 is 10.4 Å². The summed E-state index contributed by atoms with van der Waals surface area (Å²) in [6, 6.07) is 4.26. The van der Waals surface area contributed by atoms with Crippen molar-refractivity contribution in [1.29, 1.82) is 0 Å². The molecule has 82 valence electrons. The molecule has 2 atom stereocenters. The summed E-state index contributed by atoms with van der Waals surface area (Å²) in [7, 11) is 0. The van der Waals surface area contributed by atoms with E-state index in [1.165, 1.54) is 12.1 Å². The minimum atomic E-state index is -0.350. The van der Waals surface area contributed by atoms with E-state index >= 15 is 0 Å². The van der Waals surface area contributed by atoms with E-state index in [9.17, 15) is 9.50 Å². The maximum Gasteiger partial charge on any atom is 0.124 e. The Morgan fingerprint density at radius 3 is 2.80 bits per heavy atom. The molecule has 1 aromatic rings. The van der Waals surface area contributed by atoms with Crippen molar-refractivity contribution in [2.75, 3.05) is 5.32 Å². The molecule has 4 heteroatoms. The third-order valence-electron chi connectivity index (χ3n) is 2.75. The van der Waals surface area contributed by atoms with Gasteiger partial charge in [-0.05, 0) is 37.5 Å². The second-order valence-electron chi connectivity index (χ2n) is 3.87. The van der Waals surface area contributed by atoms with Crippen LogP contribution in [0.3, 0.4) is 0 Å². The highest BCUT2D eigenvalue weighted by Gasteiger charge is 2.25. The Labute approximate surface area is 93.1 Å². The molecule has 1 saturated carbocycles. The zero-order valence-electron chi connectivity index (χ0n) is 8.21. The van der Waals surface area contributed by atoms with E-state index in [2.05, 4.69) is 5.32 Å². The fraction of sp³-hybridized carbons (Fsp3) is 0.455. The molecule has 1 aliphatic carbocycles. The lowest BCUT2D eigenvalue weighted by Gasteiger charge is -2.18. The molecule has 1 fully saturated rings. The van der Waals surface area contributed by atoms with Gasteiger partial charge in [-0.1, -0.05) is 11.6 Å². The number of rotatable bonds is 2. The molecule has 0 radical (unpaired) electrons. The van der Waals surface area contributed by atoms with Gasteiger partial charge in [0.15, 0.2) is 0 Å². The van der Waals surface area contributed by atoms with Crippen LogP contribution in [0.4, 0.5) is 10.1 Å². The van der Waals surface area contributed by atoms with Gasteiger partial charge in [-0.3, -0.25) is 0 Å². The van der Waals surface area contributed by atoms with E-state index in [1.54, 1.807) is 6.07 Å². The first-order valence-electron chi connectivity index (χ1n) is 5.06. The normalized spacial score (nSPS) is 25.5. The first kappa shape index (κ1) is 10.7. The van der Waals surface area contributed by atoms with Crippen LogP contribution >= 0.6 is 11.6 Å². The molecule has 0 amide bonds. The topological polar surface area (TPSA) is 32.3 Å². The zero-order chi connectivity index (χ0) is 10.8. The predicted molar refractivity (Wildman–Crippen MR) is 58.7 cm³/mol. The van der Waals surface area contributed by atoms with Crippen LogP contribution in [0.2, 0.25) is 5.02 Å². The number of anilines is 1. The van der Waals surface area contributed by atoms with Crippen molar-refractivity contribution in [3.05, 3.63) is 29.0 Å². The summed E-state index contributed by atoms with van der Waals surface area (Å²) in [5.74, 6) is -0.350. The van der Waals surface area contributed by atoms with Gasteiger partial charge in [0, 0.05) is 0 Å². The standard InChI is InChI=1S/C11H13ClFNO/c12-8-6-7(13)4-5-9(8)14-10-2-1-3-11(10)15/h4-6,10-11,14-15H,1-3H2/t10-,11-/m0/s1. The van der Waals surface area contributed by atoms with Crippen molar-refractivity contribution in [2.45, 2.75) is 31.4 Å². The molecule has 15 heavy (non-hydrogen) atoms. The number of aliphatic hydroxyl groups is 1. The second-order valence-corrected chi connectivity index (χ2v) is 4.28. The molecule has 0 aromatic heterocycles. The second kappa shape index (κ2) is 4.37. The van der Waals surface area contributed by atoms with Crippen LogP contribution in [0.1, 0.15) is 19.3 Å². The minimum Gasteiger partial charge on any atom is -0.391 e. The molecular formula is C11H13ClFNO. The van der Waals surface area contributed by atoms with Crippen molar-refractivity contribution < 1.29 is 9.50 Å². The van der Waals surface area contributed by atoms with Crippen LogP contribution in [-0.4, -0.2) is 17.3 Å². The third-order valence-corrected chi connectivity index (χ3v) is 3.06. The molecule has 2 N–H and O–H groups in total. The van der Waals surface area contributed by atoms with Gasteiger partial charge in [0.05, 0.1) is 22.9 Å². The Balaban J connectivity index is 2.10. The molecule has 1 aliphatic rings. The molecule has 0 unspecified atom stereocenters. The molecular weight excluding hydrogens is 217 g/mol. The van der Waals surface area contributed by atoms with E-state index in [1.807, 2.05) is 0 Å². The van der Waals surface area contributed by atoms with Gasteiger partial charge in [-0.25, -0.2) is 4.39 Å². The quantitative estimate of drug-likeness (QED) is 0.818. The number of hydrogen-bond acceptors (Lipinski definition) is 2. The van der Waals surface area contributed by atoms with Crippen molar-refractivity contribution in [3.63, 3.8) is 0 Å². The summed E-state index contributed by atoms with van der Waals surface area (Å²) in [5, 5.41) is 13.1. The fourth-order valence-corrected chi connectivity index (χ4v) is 2.14. The summed E-state index contributed by atoms with van der Waals surface area (Å²) in [6.07, 6.45) is 2.43. The fourth-order valence-electron chi connectivity index (χ4n) is 1.92. The lowest BCUT2D eigenvalue weighted by atomic mass is 10.2. The molecule has 2 rings (SSSR count). The molecule has 2 nitrogen and oxygen atoms in total. The van der Waals surface area contributed by atoms with Gasteiger partial charge in [0.25, 0.3) is 0 Å². The minimum absolute atomic E-state index is 0.0351. The summed E-state index contributed by atoms with van der Waals surface area (Å²) >= 11 is 5.87. The zero-order valence-corrected chi connectivity index (χ0v) is 8.97. The van der Waals surface area contributed by atoms with Crippen molar-refractivity contribution in [3.8, 4) is 0 Å². The van der Waals surface area contributed by atoms with Gasteiger partial charge in [0.2, 0.25) is 0 Å². The largest absolute Gasteiger partial charge is 0.391 e. The summed E-state index contributed by atoms with van der Waals surface area (Å²) in [6.45, 7) is 0. The van der Waals surface area contributed by atoms with Gasteiger partial charge in [0.1, 0.15) is 5.82 Å². The van der Waals surface area contributed by atoms with Crippen molar-refractivity contribution in [2.24, 2.45) is 0 Å². The molecule has 1 aromatic carbocycles. The Kier molecular flexibility index (Phi) is 3.12. The Morgan fingerprint density at radius 2 is 2.20 bits per heavy atom. The Hall–Kier alpha value is -0.800. The van der Waals surface area contributed by atoms with Crippen LogP contribution in [0.15, 0.2) is 18.2 Å². The van der Waals surface area contributed by atoms with E-state index in [-0.39, 0.29) is 18.0 Å². The van der Waals surface area contributed by atoms with E-state index < -0.39 is 0 Å². The molecule has 0 bridgehead atoms. The lowest BCUT2D eigenvalue weighted by molar-refractivity contribution is 0.172. The molecule has 0 aliphatic heterocycles. The van der Waals surface area contributed by atoms with Crippen molar-refractivity contribution >= 4 is 17.3 Å². The number of halogens is 2. The lowest BCUT2D eigenvalue weighted by Crippen LogP contribution is -2.27. The number of benzene rings is 1. The van der Waals surface area contributed by atoms with Gasteiger partial charge in [-0.2, -0.15) is 0 Å². The predicted octanol–water partition coefficient (Wildman–Crippen LogP) is 2.80. The smallest absolute Gasteiger partial charge is 0.124 e. The van der Waals surface area contributed by atoms with Crippen molar-refractivity contribution in [1.82, 2.24) is 0 Å². The highest BCUT2D eigenvalue weighted by molar-refractivity contribution is 6.33. The van der Waals surface area contributed by atoms with E-state index in [4.69, 9.17) is 11.6 Å². The number of aliphatic hydroxyl groups excluding tert-OH is 1. The van der Waals surface area contributed by atoms with Gasteiger partial charge >= 0.3 is 0 Å². The van der Waals surface area contributed by atoms with Crippen LogP contribution in [0.25, 0.3) is 0 Å². The molecule has 0 saturated heterocycles. The number of nitrogens with one attached hydrogen (secondary N) is 1. The maximum absolute atomic E-state index is 12.8. The third kappa shape index (κ3) is 2.41. The monoisotopic (exact) mass is 229 g/mol. The maximum atomic E-state index is 12.8. The van der Waals surface area contributed by atoms with Crippen LogP contribution in [0.5, 0.6) is 0 Å². The Morgan fingerprint density at radius 1 is 1.40 bits per heavy atom. The highest BCUT2D eigenvalue weighted by atomic mass is 35.5. The van der Waals surface area contributed by atoms with Crippen LogP contribution in [0, 0.1) is 5.82 Å². The van der Waals surface area contributed by atoms with E-state index in [0.29, 0.717) is 10.7 Å². The Bertz CT molecular complexity index is 358. The summed E-state index contributed by atoms with van der Waals surface area (Å²) < 4.78 is 12.8. The first-order chi connectivity index (χ1) is 7.16. The average molecular weight is 230 g/mol. The SMILES string of the molecule is O[C@H]1CCC[C@@H]1Nc1ccc(F)cc1Cl. The van der Waals surface area contributed by atoms with Crippen LogP contribution < -0.4 is 5.32 Å². The van der Waals surface area contributed by atoms with Gasteiger partial charge in [-0.15, -0.1) is 0 Å². The average Bonchev–Trinajstić information content (AvgIpc) is 2.57. The van der Waals surface area contributed by atoms with E-state index in [0.717, 1.165) is 19.3 Å². The molecule has 0 spiro atoms. The molecule has 0 heterocycles. The highest BCUT2D eigenvalue weighted by Crippen LogP contribution is 2.27. The summed E-state index contributed by atoms with van der Waals surface area (Å²) in [5.41, 5.74) is 0.684. The summed E-state index contributed by atoms with van der Waals surface area (Å²) in [4.78, 5) is 0. The number of hydrogen-bond donors (Lipinski definition) is 2. The first-order valence-corrected chi connectivity index (χ1v) is 5.44. The van der Waals surface area contributed by atoms with Crippen LogP contribution in [-0.2, 0) is 0 Å².